The lowest BCUT2D eigenvalue weighted by atomic mass is 10.2. The zero-order chi connectivity index (χ0) is 22.8. The molecule has 0 radical (unpaired) electrons. The van der Waals surface area contributed by atoms with E-state index in [1.165, 1.54) is 22.5 Å². The third-order valence-electron chi connectivity index (χ3n) is 4.71. The maximum absolute atomic E-state index is 13.5. The highest BCUT2D eigenvalue weighted by Gasteiger charge is 2.28. The fourth-order valence-corrected chi connectivity index (χ4v) is 5.82. The van der Waals surface area contributed by atoms with E-state index >= 15 is 0 Å². The molecule has 1 fully saturated rings. The fourth-order valence-electron chi connectivity index (χ4n) is 3.21. The van der Waals surface area contributed by atoms with Gasteiger partial charge in [-0.1, -0.05) is 6.42 Å². The van der Waals surface area contributed by atoms with Gasteiger partial charge in [0.1, 0.15) is 5.75 Å². The summed E-state index contributed by atoms with van der Waals surface area (Å²) >= 11 is 0. The Kier molecular flexibility index (Phi) is 6.87. The van der Waals surface area contributed by atoms with Crippen molar-refractivity contribution in [3.8, 4) is 5.75 Å². The number of anilines is 1. The number of nitrogens with zero attached hydrogens (tertiary/aromatic N) is 1. The van der Waals surface area contributed by atoms with E-state index in [1.807, 2.05) is 0 Å². The number of sulfonamides is 2. The van der Waals surface area contributed by atoms with Crippen LogP contribution in [0.1, 0.15) is 33.1 Å². The summed E-state index contributed by atoms with van der Waals surface area (Å²) in [6.45, 7) is 4.24. The molecule has 2 aromatic rings. The highest BCUT2D eigenvalue weighted by Crippen LogP contribution is 2.32. The average Bonchev–Trinajstić information content (AvgIpc) is 2.71. The second kappa shape index (κ2) is 9.09. The molecule has 0 aromatic heterocycles. The summed E-state index contributed by atoms with van der Waals surface area (Å²) in [5, 5.41) is 0. The van der Waals surface area contributed by atoms with Crippen molar-refractivity contribution < 1.29 is 30.4 Å². The molecule has 3 rings (SSSR count). The van der Waals surface area contributed by atoms with Gasteiger partial charge in [-0.25, -0.2) is 25.6 Å². The standard InChI is InChI=1S/C20H24F2N2O5S2/c1-14(2)29-20-9-7-16(31(27,28)24-10-4-3-5-11-24)13-19(20)23-30(25,26)15-6-8-17(21)18(22)12-15/h6-9,12-14,23H,3-5,10-11H2,1-2H3. The first-order valence-electron chi connectivity index (χ1n) is 9.79. The summed E-state index contributed by atoms with van der Waals surface area (Å²) in [7, 11) is -8.17. The first-order chi connectivity index (χ1) is 14.5. The van der Waals surface area contributed by atoms with Crippen LogP contribution in [0.4, 0.5) is 14.5 Å². The van der Waals surface area contributed by atoms with Crippen LogP contribution in [0, 0.1) is 11.6 Å². The quantitative estimate of drug-likeness (QED) is 0.660. The van der Waals surface area contributed by atoms with E-state index in [0.717, 1.165) is 25.3 Å². The fraction of sp³-hybridized carbons (Fsp3) is 0.400. The molecule has 0 atom stereocenters. The van der Waals surface area contributed by atoms with E-state index < -0.39 is 36.6 Å². The molecule has 2 aromatic carbocycles. The van der Waals surface area contributed by atoms with Gasteiger partial charge < -0.3 is 4.74 Å². The molecule has 170 valence electrons. The monoisotopic (exact) mass is 474 g/mol. The van der Waals surface area contributed by atoms with Gasteiger partial charge in [-0.15, -0.1) is 0 Å². The Morgan fingerprint density at radius 3 is 2.16 bits per heavy atom. The molecule has 1 aliphatic heterocycles. The molecular formula is C20H24F2N2O5S2. The Morgan fingerprint density at radius 2 is 1.55 bits per heavy atom. The van der Waals surface area contributed by atoms with Gasteiger partial charge in [-0.2, -0.15) is 4.31 Å². The molecule has 0 aliphatic carbocycles. The number of piperidine rings is 1. The van der Waals surface area contributed by atoms with Crippen molar-refractivity contribution in [2.45, 2.75) is 49.0 Å². The van der Waals surface area contributed by atoms with Gasteiger partial charge in [0.25, 0.3) is 10.0 Å². The number of halogens is 2. The van der Waals surface area contributed by atoms with Crippen LogP contribution >= 0.6 is 0 Å². The first-order valence-corrected chi connectivity index (χ1v) is 12.7. The zero-order valence-corrected chi connectivity index (χ0v) is 18.8. The highest BCUT2D eigenvalue weighted by atomic mass is 32.2. The van der Waals surface area contributed by atoms with E-state index in [0.29, 0.717) is 25.2 Å². The van der Waals surface area contributed by atoms with Gasteiger partial charge in [0.15, 0.2) is 11.6 Å². The average molecular weight is 475 g/mol. The third kappa shape index (κ3) is 5.34. The van der Waals surface area contributed by atoms with Crippen LogP contribution in [0.2, 0.25) is 0 Å². The van der Waals surface area contributed by atoms with Gasteiger partial charge in [-0.05, 0) is 63.1 Å². The van der Waals surface area contributed by atoms with E-state index in [9.17, 15) is 25.6 Å². The zero-order valence-electron chi connectivity index (χ0n) is 17.1. The SMILES string of the molecule is CC(C)Oc1ccc(S(=O)(=O)N2CCCCC2)cc1NS(=O)(=O)c1ccc(F)c(F)c1. The summed E-state index contributed by atoms with van der Waals surface area (Å²) in [6, 6.07) is 6.08. The van der Waals surface area contributed by atoms with Crippen LogP contribution < -0.4 is 9.46 Å². The van der Waals surface area contributed by atoms with Crippen molar-refractivity contribution >= 4 is 25.7 Å². The van der Waals surface area contributed by atoms with Crippen molar-refractivity contribution in [2.24, 2.45) is 0 Å². The van der Waals surface area contributed by atoms with Crippen molar-refractivity contribution in [1.29, 1.82) is 0 Å². The number of ether oxygens (including phenoxy) is 1. The normalized spacial score (nSPS) is 15.8. The minimum atomic E-state index is -4.34. The van der Waals surface area contributed by atoms with Gasteiger partial charge in [0.05, 0.1) is 21.6 Å². The van der Waals surface area contributed by atoms with E-state index in [-0.39, 0.29) is 22.4 Å². The topological polar surface area (TPSA) is 92.8 Å². The summed E-state index contributed by atoms with van der Waals surface area (Å²) in [5.74, 6) is -2.39. The number of hydrogen-bond donors (Lipinski definition) is 1. The van der Waals surface area contributed by atoms with Gasteiger partial charge in [-0.3, -0.25) is 4.72 Å². The molecule has 0 unspecified atom stereocenters. The molecule has 31 heavy (non-hydrogen) atoms. The smallest absolute Gasteiger partial charge is 0.262 e. The van der Waals surface area contributed by atoms with E-state index in [2.05, 4.69) is 4.72 Å². The molecule has 1 heterocycles. The van der Waals surface area contributed by atoms with Crippen molar-refractivity contribution in [3.63, 3.8) is 0 Å². The molecule has 11 heteroatoms. The Bertz CT molecular complexity index is 1160. The van der Waals surface area contributed by atoms with E-state index in [4.69, 9.17) is 4.74 Å². The predicted octanol–water partition coefficient (Wildman–Crippen LogP) is 3.73. The molecule has 0 bridgehead atoms. The Morgan fingerprint density at radius 1 is 0.903 bits per heavy atom. The third-order valence-corrected chi connectivity index (χ3v) is 7.97. The van der Waals surface area contributed by atoms with Crippen molar-refractivity contribution in [2.75, 3.05) is 17.8 Å². The number of hydrogen-bond acceptors (Lipinski definition) is 5. The van der Waals surface area contributed by atoms with Crippen molar-refractivity contribution in [1.82, 2.24) is 4.31 Å². The highest BCUT2D eigenvalue weighted by molar-refractivity contribution is 7.92. The molecular weight excluding hydrogens is 450 g/mol. The Hall–Kier alpha value is -2.24. The second-order valence-electron chi connectivity index (χ2n) is 7.47. The number of rotatable bonds is 7. The van der Waals surface area contributed by atoms with Crippen LogP contribution in [0.15, 0.2) is 46.2 Å². The maximum Gasteiger partial charge on any atom is 0.262 e. The molecule has 7 nitrogen and oxygen atoms in total. The predicted molar refractivity (Wildman–Crippen MR) is 112 cm³/mol. The minimum absolute atomic E-state index is 0.0894. The molecule has 0 saturated carbocycles. The lowest BCUT2D eigenvalue weighted by Gasteiger charge is -2.26. The van der Waals surface area contributed by atoms with Crippen LogP contribution in [0.5, 0.6) is 5.75 Å². The van der Waals surface area contributed by atoms with Crippen LogP contribution in [-0.4, -0.2) is 40.3 Å². The lowest BCUT2D eigenvalue weighted by Crippen LogP contribution is -2.35. The summed E-state index contributed by atoms with van der Waals surface area (Å²) < 4.78 is 87.5. The van der Waals surface area contributed by atoms with Gasteiger partial charge >= 0.3 is 0 Å². The van der Waals surface area contributed by atoms with Crippen LogP contribution in [-0.2, 0) is 20.0 Å². The second-order valence-corrected chi connectivity index (χ2v) is 11.1. The summed E-state index contributed by atoms with van der Waals surface area (Å²) in [6.07, 6.45) is 2.13. The number of benzene rings is 2. The molecule has 0 amide bonds. The molecule has 1 saturated heterocycles. The molecule has 1 aliphatic rings. The Balaban J connectivity index is 2.02. The van der Waals surface area contributed by atoms with Gasteiger partial charge in [0, 0.05) is 13.1 Å². The number of nitrogens with one attached hydrogen (secondary N) is 1. The van der Waals surface area contributed by atoms with Gasteiger partial charge in [0.2, 0.25) is 10.0 Å². The first kappa shape index (κ1) is 23.4. The van der Waals surface area contributed by atoms with Crippen LogP contribution in [0.25, 0.3) is 0 Å². The van der Waals surface area contributed by atoms with E-state index in [1.54, 1.807) is 13.8 Å². The summed E-state index contributed by atoms with van der Waals surface area (Å²) in [4.78, 5) is -0.598. The van der Waals surface area contributed by atoms with Crippen molar-refractivity contribution in [3.05, 3.63) is 48.0 Å². The largest absolute Gasteiger partial charge is 0.489 e. The Labute approximate surface area is 181 Å². The molecule has 0 spiro atoms. The maximum atomic E-state index is 13.5. The minimum Gasteiger partial charge on any atom is -0.489 e. The molecule has 1 N–H and O–H groups in total. The summed E-state index contributed by atoms with van der Waals surface area (Å²) in [5.41, 5.74) is -0.114. The van der Waals surface area contributed by atoms with Crippen LogP contribution in [0.3, 0.4) is 0 Å². The lowest BCUT2D eigenvalue weighted by molar-refractivity contribution is 0.243.